The molecule has 0 heterocycles. The van der Waals surface area contributed by atoms with Crippen LogP contribution in [0.15, 0.2) is 121 Å². The molecule has 0 aliphatic heterocycles. The van der Waals surface area contributed by atoms with Gasteiger partial charge in [-0.15, -0.1) is 0 Å². The summed E-state index contributed by atoms with van der Waals surface area (Å²) >= 11 is -0.106. The first-order valence-electron chi connectivity index (χ1n) is 14.3. The molecule has 4 nitrogen and oxygen atoms in total. The van der Waals surface area contributed by atoms with Crippen LogP contribution < -0.4 is 21.2 Å². The average molecular weight is 769 g/mol. The van der Waals surface area contributed by atoms with Crippen molar-refractivity contribution in [2.45, 2.75) is 19.4 Å². The number of halogens is 2. The SMILES string of the molecule is CCO[Si](CCCN(C[PH+](c1ccccc1)c1ccccc1)C[PH+](c1ccccc1)c1ccccc1)(OC)OC.[Cl][Pd][Cl]. The predicted octanol–water partition coefficient (Wildman–Crippen LogP) is 6.97. The summed E-state index contributed by atoms with van der Waals surface area (Å²) in [5.41, 5.74) is 0. The van der Waals surface area contributed by atoms with Gasteiger partial charge < -0.3 is 13.3 Å². The third-order valence-electron chi connectivity index (χ3n) is 7.20. The van der Waals surface area contributed by atoms with Crippen molar-refractivity contribution >= 4 is 64.9 Å². The van der Waals surface area contributed by atoms with Crippen molar-refractivity contribution in [1.29, 1.82) is 0 Å². The van der Waals surface area contributed by atoms with Gasteiger partial charge in [-0.25, -0.2) is 4.90 Å². The summed E-state index contributed by atoms with van der Waals surface area (Å²) in [7, 11) is 8.35. The van der Waals surface area contributed by atoms with E-state index in [-0.39, 0.29) is 15.9 Å². The molecule has 0 spiro atoms. The zero-order chi connectivity index (χ0) is 30.8. The summed E-state index contributed by atoms with van der Waals surface area (Å²) < 4.78 is 17.7. The summed E-state index contributed by atoms with van der Waals surface area (Å²) in [4.78, 5) is 2.72. The minimum atomic E-state index is -2.66. The Bertz CT molecular complexity index is 1100. The van der Waals surface area contributed by atoms with Crippen LogP contribution >= 0.6 is 34.9 Å². The van der Waals surface area contributed by atoms with Gasteiger partial charge in [0.25, 0.3) is 0 Å². The Balaban J connectivity index is 0.00000162. The van der Waals surface area contributed by atoms with Gasteiger partial charge in [-0.2, -0.15) is 0 Å². The zero-order valence-electron chi connectivity index (χ0n) is 25.0. The van der Waals surface area contributed by atoms with E-state index in [4.69, 9.17) is 32.3 Å². The van der Waals surface area contributed by atoms with Crippen LogP contribution in [0.4, 0.5) is 0 Å². The second-order valence-corrected chi connectivity index (χ2v) is 20.0. The van der Waals surface area contributed by atoms with Crippen molar-refractivity contribution in [3.63, 3.8) is 0 Å². The average Bonchev–Trinajstić information content (AvgIpc) is 3.07. The van der Waals surface area contributed by atoms with Crippen LogP contribution in [-0.2, 0) is 29.2 Å². The summed E-state index contributed by atoms with van der Waals surface area (Å²) in [5, 5.41) is 5.79. The maximum atomic E-state index is 6.04. The molecule has 234 valence electrons. The molecule has 0 saturated carbocycles. The third-order valence-corrected chi connectivity index (χ3v) is 15.8. The molecule has 0 amide bonds. The van der Waals surface area contributed by atoms with E-state index >= 15 is 0 Å². The van der Waals surface area contributed by atoms with E-state index in [0.717, 1.165) is 31.6 Å². The molecule has 43 heavy (non-hydrogen) atoms. The van der Waals surface area contributed by atoms with E-state index in [0.29, 0.717) is 6.61 Å². The Kier molecular flexibility index (Phi) is 17.8. The van der Waals surface area contributed by atoms with Crippen molar-refractivity contribution in [2.75, 3.05) is 39.9 Å². The second-order valence-electron chi connectivity index (χ2n) is 9.80. The topological polar surface area (TPSA) is 30.9 Å². The van der Waals surface area contributed by atoms with Gasteiger partial charge in [0.1, 0.15) is 12.6 Å². The van der Waals surface area contributed by atoms with Crippen molar-refractivity contribution in [3.8, 4) is 0 Å². The van der Waals surface area contributed by atoms with Crippen LogP contribution in [0, 0.1) is 0 Å². The molecule has 10 heteroatoms. The number of rotatable bonds is 16. The quantitative estimate of drug-likeness (QED) is 0.0912. The van der Waals surface area contributed by atoms with Crippen LogP contribution in [0.25, 0.3) is 0 Å². The summed E-state index contributed by atoms with van der Waals surface area (Å²) in [5.74, 6) is 0. The van der Waals surface area contributed by atoms with E-state index in [2.05, 4.69) is 126 Å². The number of hydrogen-bond acceptors (Lipinski definition) is 4. The van der Waals surface area contributed by atoms with Crippen molar-refractivity contribution in [1.82, 2.24) is 4.90 Å². The summed E-state index contributed by atoms with van der Waals surface area (Å²) in [6.45, 7) is 3.58. The van der Waals surface area contributed by atoms with Gasteiger partial charge in [-0.1, -0.05) is 72.8 Å². The fourth-order valence-corrected chi connectivity index (χ4v) is 12.6. The normalized spacial score (nSPS) is 11.6. The van der Waals surface area contributed by atoms with E-state index in [1.807, 2.05) is 6.92 Å². The molecule has 0 aromatic heterocycles. The first-order valence-corrected chi connectivity index (χ1v) is 23.7. The van der Waals surface area contributed by atoms with Gasteiger partial charge in [0.05, 0.1) is 37.1 Å². The van der Waals surface area contributed by atoms with Crippen molar-refractivity contribution < 1.29 is 29.2 Å². The van der Waals surface area contributed by atoms with Gasteiger partial charge in [-0.3, -0.25) is 0 Å². The minimum absolute atomic E-state index is 0.106. The molecule has 0 bridgehead atoms. The molecular weight excluding hydrogens is 726 g/mol. The van der Waals surface area contributed by atoms with E-state index < -0.39 is 24.6 Å². The molecule has 4 aromatic rings. The molecule has 0 saturated heterocycles. The molecule has 0 aliphatic carbocycles. The molecule has 0 radical (unpaired) electrons. The van der Waals surface area contributed by atoms with Gasteiger partial charge in [-0.05, 0) is 61.9 Å². The second kappa shape index (κ2) is 21.0. The first-order chi connectivity index (χ1) is 21.1. The molecular formula is C33H43Cl2NO3P2PdSi+2. The van der Waals surface area contributed by atoms with E-state index in [1.165, 1.54) is 21.2 Å². The van der Waals surface area contributed by atoms with Crippen LogP contribution in [0.3, 0.4) is 0 Å². The van der Waals surface area contributed by atoms with Gasteiger partial charge in [0, 0.05) is 33.4 Å². The number of hydrogen-bond donors (Lipinski definition) is 0. The number of benzene rings is 4. The number of nitrogens with zero attached hydrogens (tertiary/aromatic N) is 1. The van der Waals surface area contributed by atoms with Crippen molar-refractivity contribution in [2.24, 2.45) is 0 Å². The Morgan fingerprint density at radius 1 is 0.628 bits per heavy atom. The standard InChI is InChI=1S/C33H41NO3P2Si.2ClH.Pd/c1-4-37-40(35-2,36-3)27-17-26-34(28-38(30-18-9-5-10-19-30)31-20-11-6-12-21-31)29-39(32-22-13-7-14-23-32)33-24-15-8-16-25-33;;;/h5-16,18-25H,4,17,26-29H2,1-3H3;2*1H;/q;;;+2. The van der Waals surface area contributed by atoms with E-state index in [9.17, 15) is 0 Å². The van der Waals surface area contributed by atoms with Gasteiger partial charge in [0.2, 0.25) is 0 Å². The summed E-state index contributed by atoms with van der Waals surface area (Å²) in [6, 6.07) is 45.1. The Labute approximate surface area is 278 Å². The van der Waals surface area contributed by atoms with E-state index in [1.54, 1.807) is 14.2 Å². The van der Waals surface area contributed by atoms with Crippen LogP contribution in [0.5, 0.6) is 0 Å². The Hall–Kier alpha value is -0.961. The van der Waals surface area contributed by atoms with Crippen LogP contribution in [-0.4, -0.2) is 53.6 Å². The van der Waals surface area contributed by atoms with Crippen LogP contribution in [0.2, 0.25) is 6.04 Å². The monoisotopic (exact) mass is 767 g/mol. The summed E-state index contributed by atoms with van der Waals surface area (Å²) in [6.07, 6.45) is 3.04. The molecule has 0 fully saturated rings. The van der Waals surface area contributed by atoms with Crippen LogP contribution in [0.1, 0.15) is 13.3 Å². The fourth-order valence-electron chi connectivity index (χ4n) is 5.13. The Morgan fingerprint density at radius 3 is 1.23 bits per heavy atom. The Morgan fingerprint density at radius 2 is 0.953 bits per heavy atom. The molecule has 0 atom stereocenters. The zero-order valence-corrected chi connectivity index (χ0v) is 31.1. The molecule has 0 aliphatic rings. The maximum absolute atomic E-state index is 6.04. The van der Waals surface area contributed by atoms with Gasteiger partial charge in [0.15, 0.2) is 0 Å². The predicted molar refractivity (Wildman–Crippen MR) is 190 cm³/mol. The third kappa shape index (κ3) is 12.1. The molecule has 4 aromatic carbocycles. The fraction of sp³-hybridized carbons (Fsp3) is 0.273. The molecule has 0 N–H and O–H groups in total. The van der Waals surface area contributed by atoms with Crippen molar-refractivity contribution in [3.05, 3.63) is 121 Å². The molecule has 0 unspecified atom stereocenters. The molecule has 4 rings (SSSR count). The van der Waals surface area contributed by atoms with Gasteiger partial charge >= 0.3 is 43.8 Å². The first kappa shape index (κ1) is 36.5.